The van der Waals surface area contributed by atoms with Gasteiger partial charge in [-0.05, 0) is 30.7 Å². The number of carbonyl (C=O) groups excluding carboxylic acids is 1. The van der Waals surface area contributed by atoms with Crippen LogP contribution in [0, 0.1) is 11.3 Å². The Morgan fingerprint density at radius 2 is 2.12 bits per heavy atom. The Bertz CT molecular complexity index is 441. The smallest absolute Gasteiger partial charge is 0.259 e. The molecule has 0 aliphatic heterocycles. The average molecular weight is 216 g/mol. The van der Waals surface area contributed by atoms with E-state index in [1.807, 2.05) is 6.92 Å². The van der Waals surface area contributed by atoms with Crippen molar-refractivity contribution in [2.45, 2.75) is 6.92 Å². The molecular formula is C12H12N2O2. The van der Waals surface area contributed by atoms with Gasteiger partial charge in [0.2, 0.25) is 0 Å². The van der Waals surface area contributed by atoms with E-state index in [1.54, 1.807) is 30.3 Å². The summed E-state index contributed by atoms with van der Waals surface area (Å²) in [6, 6.07) is 8.79. The first-order valence-corrected chi connectivity index (χ1v) is 4.82. The lowest BCUT2D eigenvalue weighted by Crippen LogP contribution is -2.12. The molecular weight excluding hydrogens is 204 g/mol. The van der Waals surface area contributed by atoms with Gasteiger partial charge in [-0.3, -0.25) is 4.79 Å². The lowest BCUT2D eigenvalue weighted by atomic mass is 10.1. The molecule has 2 N–H and O–H groups in total. The van der Waals surface area contributed by atoms with Crippen LogP contribution in [0.2, 0.25) is 0 Å². The van der Waals surface area contributed by atoms with Crippen molar-refractivity contribution in [1.29, 1.82) is 5.26 Å². The summed E-state index contributed by atoms with van der Waals surface area (Å²) < 4.78 is 5.26. The molecule has 0 unspecified atom stereocenters. The third kappa shape index (κ3) is 3.14. The number of amides is 1. The van der Waals surface area contributed by atoms with Gasteiger partial charge in [0.25, 0.3) is 5.91 Å². The van der Waals surface area contributed by atoms with E-state index in [2.05, 4.69) is 0 Å². The van der Waals surface area contributed by atoms with E-state index in [4.69, 9.17) is 15.7 Å². The lowest BCUT2D eigenvalue weighted by molar-refractivity contribution is -0.114. The summed E-state index contributed by atoms with van der Waals surface area (Å²) in [7, 11) is 0. The monoisotopic (exact) mass is 216 g/mol. The summed E-state index contributed by atoms with van der Waals surface area (Å²) in [6.07, 6.45) is 1.44. The molecule has 1 aromatic carbocycles. The molecule has 1 rings (SSSR count). The zero-order chi connectivity index (χ0) is 12.0. The fourth-order valence-corrected chi connectivity index (χ4v) is 1.15. The normalized spacial score (nSPS) is 10.6. The lowest BCUT2D eigenvalue weighted by Gasteiger charge is -2.02. The number of carbonyl (C=O) groups is 1. The van der Waals surface area contributed by atoms with Gasteiger partial charge in [0.1, 0.15) is 17.4 Å². The number of primary amides is 1. The Morgan fingerprint density at radius 1 is 1.50 bits per heavy atom. The highest BCUT2D eigenvalue weighted by molar-refractivity contribution is 6.00. The molecule has 0 radical (unpaired) electrons. The zero-order valence-corrected chi connectivity index (χ0v) is 8.93. The van der Waals surface area contributed by atoms with Gasteiger partial charge in [-0.1, -0.05) is 12.1 Å². The molecule has 0 saturated carbocycles. The van der Waals surface area contributed by atoms with E-state index >= 15 is 0 Å². The van der Waals surface area contributed by atoms with E-state index in [0.29, 0.717) is 6.61 Å². The summed E-state index contributed by atoms with van der Waals surface area (Å²) in [4.78, 5) is 10.8. The summed E-state index contributed by atoms with van der Waals surface area (Å²) in [5.41, 5.74) is 5.69. The van der Waals surface area contributed by atoms with E-state index in [-0.39, 0.29) is 5.57 Å². The second kappa shape index (κ2) is 5.56. The SMILES string of the molecule is CCOc1ccc(C=C(C#N)C(N)=O)cc1. The molecule has 0 aromatic heterocycles. The number of ether oxygens (including phenoxy) is 1. The van der Waals surface area contributed by atoms with Crippen molar-refractivity contribution >= 4 is 12.0 Å². The molecule has 16 heavy (non-hydrogen) atoms. The van der Waals surface area contributed by atoms with Crippen LogP contribution in [0.5, 0.6) is 5.75 Å². The van der Waals surface area contributed by atoms with Gasteiger partial charge in [-0.25, -0.2) is 0 Å². The third-order valence-electron chi connectivity index (χ3n) is 1.89. The van der Waals surface area contributed by atoms with E-state index < -0.39 is 5.91 Å². The molecule has 0 aliphatic carbocycles. The second-order valence-corrected chi connectivity index (χ2v) is 3.04. The maximum atomic E-state index is 10.8. The number of nitriles is 1. The van der Waals surface area contributed by atoms with Gasteiger partial charge < -0.3 is 10.5 Å². The maximum Gasteiger partial charge on any atom is 0.259 e. The molecule has 4 nitrogen and oxygen atoms in total. The number of benzene rings is 1. The molecule has 0 heterocycles. The van der Waals surface area contributed by atoms with Crippen LogP contribution in [0.3, 0.4) is 0 Å². The number of nitrogens with zero attached hydrogens (tertiary/aromatic N) is 1. The molecule has 82 valence electrons. The highest BCUT2D eigenvalue weighted by Crippen LogP contribution is 2.14. The van der Waals surface area contributed by atoms with E-state index in [1.165, 1.54) is 6.08 Å². The Kier molecular flexibility index (Phi) is 4.10. The minimum Gasteiger partial charge on any atom is -0.494 e. The van der Waals surface area contributed by atoms with Crippen molar-refractivity contribution < 1.29 is 9.53 Å². The van der Waals surface area contributed by atoms with Gasteiger partial charge in [0.05, 0.1) is 6.61 Å². The van der Waals surface area contributed by atoms with Crippen molar-refractivity contribution in [3.63, 3.8) is 0 Å². The zero-order valence-electron chi connectivity index (χ0n) is 8.93. The van der Waals surface area contributed by atoms with Crippen LogP contribution < -0.4 is 10.5 Å². The highest BCUT2D eigenvalue weighted by Gasteiger charge is 2.02. The molecule has 0 bridgehead atoms. The maximum absolute atomic E-state index is 10.8. The van der Waals surface area contributed by atoms with Gasteiger partial charge in [-0.15, -0.1) is 0 Å². The van der Waals surface area contributed by atoms with Crippen LogP contribution in [-0.4, -0.2) is 12.5 Å². The number of rotatable bonds is 4. The Morgan fingerprint density at radius 3 is 2.56 bits per heavy atom. The predicted molar refractivity (Wildman–Crippen MR) is 60.4 cm³/mol. The van der Waals surface area contributed by atoms with Crippen LogP contribution in [0.25, 0.3) is 6.08 Å². The third-order valence-corrected chi connectivity index (χ3v) is 1.89. The topological polar surface area (TPSA) is 76.1 Å². The summed E-state index contributed by atoms with van der Waals surface area (Å²) >= 11 is 0. The molecule has 0 spiro atoms. The van der Waals surface area contributed by atoms with Crippen molar-refractivity contribution in [3.8, 4) is 11.8 Å². The fourth-order valence-electron chi connectivity index (χ4n) is 1.15. The van der Waals surface area contributed by atoms with Gasteiger partial charge in [-0.2, -0.15) is 5.26 Å². The standard InChI is InChI=1S/C12H12N2O2/c1-2-16-11-5-3-9(4-6-11)7-10(8-13)12(14)15/h3-7H,2H2,1H3,(H2,14,15). The number of hydrogen-bond acceptors (Lipinski definition) is 3. The van der Waals surface area contributed by atoms with Gasteiger partial charge in [0.15, 0.2) is 0 Å². The first kappa shape index (κ1) is 11.8. The molecule has 4 heteroatoms. The average Bonchev–Trinajstić information content (AvgIpc) is 2.28. The Labute approximate surface area is 93.9 Å². The highest BCUT2D eigenvalue weighted by atomic mass is 16.5. The molecule has 0 fully saturated rings. The van der Waals surface area contributed by atoms with Crippen LogP contribution in [0.15, 0.2) is 29.8 Å². The van der Waals surface area contributed by atoms with Crippen molar-refractivity contribution in [1.82, 2.24) is 0 Å². The van der Waals surface area contributed by atoms with Gasteiger partial charge >= 0.3 is 0 Å². The molecule has 0 saturated heterocycles. The first-order chi connectivity index (χ1) is 7.67. The first-order valence-electron chi connectivity index (χ1n) is 4.82. The van der Waals surface area contributed by atoms with Crippen LogP contribution >= 0.6 is 0 Å². The Hall–Kier alpha value is -2.28. The minimum absolute atomic E-state index is 0.0656. The minimum atomic E-state index is -0.726. The Balaban J connectivity index is 2.90. The van der Waals surface area contributed by atoms with Crippen molar-refractivity contribution in [2.24, 2.45) is 5.73 Å². The van der Waals surface area contributed by atoms with E-state index in [0.717, 1.165) is 11.3 Å². The molecule has 0 aliphatic rings. The van der Waals surface area contributed by atoms with Gasteiger partial charge in [0, 0.05) is 0 Å². The second-order valence-electron chi connectivity index (χ2n) is 3.04. The molecule has 1 aromatic rings. The quantitative estimate of drug-likeness (QED) is 0.611. The summed E-state index contributed by atoms with van der Waals surface area (Å²) in [6.45, 7) is 2.49. The summed E-state index contributed by atoms with van der Waals surface area (Å²) in [5.74, 6) is 0.0219. The van der Waals surface area contributed by atoms with Crippen LogP contribution in [-0.2, 0) is 4.79 Å². The van der Waals surface area contributed by atoms with Crippen molar-refractivity contribution in [3.05, 3.63) is 35.4 Å². The van der Waals surface area contributed by atoms with E-state index in [9.17, 15) is 4.79 Å². The van der Waals surface area contributed by atoms with Crippen LogP contribution in [0.1, 0.15) is 12.5 Å². The molecule has 1 amide bonds. The van der Waals surface area contributed by atoms with Crippen molar-refractivity contribution in [2.75, 3.05) is 6.61 Å². The predicted octanol–water partition coefficient (Wildman–Crippen LogP) is 1.48. The number of nitrogens with two attached hydrogens (primary N) is 1. The summed E-state index contributed by atoms with van der Waals surface area (Å²) in [5, 5.41) is 8.65. The molecule has 0 atom stereocenters. The number of hydrogen-bond donors (Lipinski definition) is 1. The fraction of sp³-hybridized carbons (Fsp3) is 0.167. The largest absolute Gasteiger partial charge is 0.494 e. The van der Waals surface area contributed by atoms with Crippen LogP contribution in [0.4, 0.5) is 0 Å².